The van der Waals surface area contributed by atoms with Gasteiger partial charge in [0.25, 0.3) is 0 Å². The Bertz CT molecular complexity index is 97.2. The van der Waals surface area contributed by atoms with Gasteiger partial charge in [-0.3, -0.25) is 0 Å². The predicted octanol–water partition coefficient (Wildman–Crippen LogP) is 3.77. The Hall–Kier alpha value is -0.0400. The van der Waals surface area contributed by atoms with E-state index in [9.17, 15) is 0 Å². The molecule has 0 aromatic carbocycles. The normalized spacial score (nSPS) is 12.0. The summed E-state index contributed by atoms with van der Waals surface area (Å²) in [6.07, 6.45) is 6.15. The lowest BCUT2D eigenvalue weighted by atomic mass is 10.0. The molecule has 0 N–H and O–H groups in total. The number of unbranched alkanes of at least 4 members (excludes halogenated alkanes) is 2. The molecule has 0 atom stereocenters. The van der Waals surface area contributed by atoms with Gasteiger partial charge in [0.05, 0.1) is 5.60 Å². The lowest BCUT2D eigenvalue weighted by molar-refractivity contribution is -0.0259. The lowest BCUT2D eigenvalue weighted by Crippen LogP contribution is -2.24. The summed E-state index contributed by atoms with van der Waals surface area (Å²) in [5, 5.41) is 0. The maximum atomic E-state index is 5.77. The summed E-state index contributed by atoms with van der Waals surface area (Å²) in [7, 11) is 0. The second-order valence-electron chi connectivity index (χ2n) is 4.07. The predicted molar refractivity (Wildman–Crippen MR) is 54.5 cm³/mol. The average Bonchev–Trinajstić information content (AvgIpc) is 2.01. The van der Waals surface area contributed by atoms with E-state index in [4.69, 9.17) is 4.74 Å². The molecule has 1 heteroatoms. The maximum Gasteiger partial charge on any atom is 0.0626 e. The van der Waals surface area contributed by atoms with Crippen LogP contribution in [-0.4, -0.2) is 12.2 Å². The average molecular weight is 172 g/mol. The van der Waals surface area contributed by atoms with Crippen LogP contribution in [0.2, 0.25) is 0 Å². The highest BCUT2D eigenvalue weighted by Crippen LogP contribution is 2.17. The maximum absolute atomic E-state index is 5.77. The molecule has 74 valence electrons. The first-order chi connectivity index (χ1) is 5.62. The van der Waals surface area contributed by atoms with Gasteiger partial charge in [0.2, 0.25) is 0 Å². The van der Waals surface area contributed by atoms with E-state index in [1.165, 1.54) is 32.1 Å². The van der Waals surface area contributed by atoms with Gasteiger partial charge in [-0.1, -0.05) is 33.1 Å². The smallest absolute Gasteiger partial charge is 0.0626 e. The van der Waals surface area contributed by atoms with Crippen LogP contribution in [0.3, 0.4) is 0 Å². The van der Waals surface area contributed by atoms with Crippen LogP contribution in [0, 0.1) is 0 Å². The monoisotopic (exact) mass is 172 g/mol. The number of ether oxygens (including phenoxy) is 1. The highest BCUT2D eigenvalue weighted by molar-refractivity contribution is 4.67. The fourth-order valence-electron chi connectivity index (χ4n) is 1.17. The molecule has 0 aromatic rings. The Morgan fingerprint density at radius 3 is 2.08 bits per heavy atom. The van der Waals surface area contributed by atoms with Crippen molar-refractivity contribution in [3.05, 3.63) is 0 Å². The van der Waals surface area contributed by atoms with Gasteiger partial charge < -0.3 is 4.74 Å². The fraction of sp³-hybridized carbons (Fsp3) is 1.00. The van der Waals surface area contributed by atoms with E-state index < -0.39 is 0 Å². The van der Waals surface area contributed by atoms with Crippen molar-refractivity contribution in [2.45, 2.75) is 65.4 Å². The van der Waals surface area contributed by atoms with Crippen LogP contribution in [0.25, 0.3) is 0 Å². The second-order valence-corrected chi connectivity index (χ2v) is 4.07. The van der Waals surface area contributed by atoms with Crippen LogP contribution < -0.4 is 0 Å². The largest absolute Gasteiger partial charge is 0.376 e. The third-order valence-corrected chi connectivity index (χ3v) is 2.12. The first-order valence-corrected chi connectivity index (χ1v) is 5.26. The van der Waals surface area contributed by atoms with Crippen molar-refractivity contribution < 1.29 is 4.74 Å². The molecule has 1 nitrogen and oxygen atoms in total. The quantitative estimate of drug-likeness (QED) is 0.531. The third-order valence-electron chi connectivity index (χ3n) is 2.12. The molecule has 0 saturated carbocycles. The van der Waals surface area contributed by atoms with E-state index in [1.807, 2.05) is 0 Å². The molecule has 0 aliphatic carbocycles. The molecule has 0 unspecified atom stereocenters. The zero-order valence-electron chi connectivity index (χ0n) is 9.15. The van der Waals surface area contributed by atoms with Crippen LogP contribution in [0.15, 0.2) is 0 Å². The molecular formula is C11H24O. The van der Waals surface area contributed by atoms with Crippen molar-refractivity contribution in [1.29, 1.82) is 0 Å². The standard InChI is InChI=1S/C11H24O/c1-5-7-9-11(3,4)12-10-8-6-2/h5-10H2,1-4H3. The fourth-order valence-corrected chi connectivity index (χ4v) is 1.17. The second kappa shape index (κ2) is 6.47. The summed E-state index contributed by atoms with van der Waals surface area (Å²) in [4.78, 5) is 0. The van der Waals surface area contributed by atoms with Gasteiger partial charge >= 0.3 is 0 Å². The molecule has 0 aromatic heterocycles. The Morgan fingerprint density at radius 1 is 1.00 bits per heavy atom. The zero-order valence-corrected chi connectivity index (χ0v) is 9.15. The topological polar surface area (TPSA) is 9.23 Å². The molecular weight excluding hydrogens is 148 g/mol. The number of rotatable bonds is 7. The molecule has 0 rings (SSSR count). The zero-order chi connectivity index (χ0) is 9.45. The van der Waals surface area contributed by atoms with Gasteiger partial charge in [0.15, 0.2) is 0 Å². The molecule has 0 fully saturated rings. The SMILES string of the molecule is CCCCOC(C)(C)CCCC. The minimum atomic E-state index is 0.102. The summed E-state index contributed by atoms with van der Waals surface area (Å²) >= 11 is 0. The molecule has 0 amide bonds. The van der Waals surface area contributed by atoms with E-state index in [1.54, 1.807) is 0 Å². The van der Waals surface area contributed by atoms with Crippen molar-refractivity contribution in [2.75, 3.05) is 6.61 Å². The number of hydrogen-bond donors (Lipinski definition) is 0. The molecule has 0 bridgehead atoms. The first kappa shape index (κ1) is 12.0. The highest BCUT2D eigenvalue weighted by Gasteiger charge is 2.16. The summed E-state index contributed by atoms with van der Waals surface area (Å²) in [6, 6.07) is 0. The highest BCUT2D eigenvalue weighted by atomic mass is 16.5. The minimum Gasteiger partial charge on any atom is -0.376 e. The van der Waals surface area contributed by atoms with E-state index in [0.717, 1.165) is 6.61 Å². The summed E-state index contributed by atoms with van der Waals surface area (Å²) in [5.74, 6) is 0. The Labute approximate surface area is 77.5 Å². The van der Waals surface area contributed by atoms with Crippen molar-refractivity contribution in [3.63, 3.8) is 0 Å². The van der Waals surface area contributed by atoms with Gasteiger partial charge in [-0.2, -0.15) is 0 Å². The van der Waals surface area contributed by atoms with Gasteiger partial charge in [0.1, 0.15) is 0 Å². The van der Waals surface area contributed by atoms with Crippen LogP contribution in [-0.2, 0) is 4.74 Å². The van der Waals surface area contributed by atoms with Gasteiger partial charge in [-0.25, -0.2) is 0 Å². The van der Waals surface area contributed by atoms with Crippen LogP contribution in [0.5, 0.6) is 0 Å². The molecule has 0 spiro atoms. The van der Waals surface area contributed by atoms with Crippen LogP contribution >= 0.6 is 0 Å². The Balaban J connectivity index is 3.42. The van der Waals surface area contributed by atoms with Crippen LogP contribution in [0.4, 0.5) is 0 Å². The van der Waals surface area contributed by atoms with Crippen LogP contribution in [0.1, 0.15) is 59.8 Å². The van der Waals surface area contributed by atoms with Gasteiger partial charge in [-0.15, -0.1) is 0 Å². The minimum absolute atomic E-state index is 0.102. The van der Waals surface area contributed by atoms with Gasteiger partial charge in [-0.05, 0) is 26.7 Å². The molecule has 0 heterocycles. The van der Waals surface area contributed by atoms with E-state index in [0.29, 0.717) is 0 Å². The number of hydrogen-bond acceptors (Lipinski definition) is 1. The molecule has 0 aliphatic heterocycles. The molecule has 0 aliphatic rings. The van der Waals surface area contributed by atoms with Crippen molar-refractivity contribution in [2.24, 2.45) is 0 Å². The van der Waals surface area contributed by atoms with E-state index in [-0.39, 0.29) is 5.60 Å². The Morgan fingerprint density at radius 2 is 1.58 bits per heavy atom. The van der Waals surface area contributed by atoms with Gasteiger partial charge in [0, 0.05) is 6.61 Å². The third kappa shape index (κ3) is 6.66. The first-order valence-electron chi connectivity index (χ1n) is 5.26. The van der Waals surface area contributed by atoms with E-state index in [2.05, 4.69) is 27.7 Å². The Kier molecular flexibility index (Phi) is 6.45. The summed E-state index contributed by atoms with van der Waals surface area (Å²) < 4.78 is 5.77. The van der Waals surface area contributed by atoms with E-state index >= 15 is 0 Å². The molecule has 12 heavy (non-hydrogen) atoms. The van der Waals surface area contributed by atoms with Crippen molar-refractivity contribution >= 4 is 0 Å². The molecule has 0 radical (unpaired) electrons. The molecule has 0 saturated heterocycles. The summed E-state index contributed by atoms with van der Waals surface area (Å²) in [6.45, 7) is 9.73. The van der Waals surface area contributed by atoms with Crippen molar-refractivity contribution in [3.8, 4) is 0 Å². The summed E-state index contributed by atoms with van der Waals surface area (Å²) in [5.41, 5.74) is 0.102. The van der Waals surface area contributed by atoms with Crippen molar-refractivity contribution in [1.82, 2.24) is 0 Å². The lowest BCUT2D eigenvalue weighted by Gasteiger charge is -2.25.